The zero-order chi connectivity index (χ0) is 24.7. The highest BCUT2D eigenvalue weighted by Gasteiger charge is 2.20. The van der Waals surface area contributed by atoms with Gasteiger partial charge in [-0.2, -0.15) is 0 Å². The highest BCUT2D eigenvalue weighted by Crippen LogP contribution is 2.25. The molecule has 0 heterocycles. The second-order valence-corrected chi connectivity index (χ2v) is 10.1. The van der Waals surface area contributed by atoms with E-state index < -0.39 is 0 Å². The fourth-order valence-corrected chi connectivity index (χ4v) is 3.91. The van der Waals surface area contributed by atoms with Gasteiger partial charge in [0, 0.05) is 35.4 Å². The van der Waals surface area contributed by atoms with Crippen LogP contribution in [0.5, 0.6) is 5.75 Å². The molecule has 34 heavy (non-hydrogen) atoms. The van der Waals surface area contributed by atoms with Gasteiger partial charge in [0.1, 0.15) is 11.4 Å². The third kappa shape index (κ3) is 7.68. The lowest BCUT2D eigenvalue weighted by Gasteiger charge is -2.25. The summed E-state index contributed by atoms with van der Waals surface area (Å²) in [6.45, 7) is 9.80. The van der Waals surface area contributed by atoms with Crippen LogP contribution in [0.25, 0.3) is 0 Å². The lowest BCUT2D eigenvalue weighted by Crippen LogP contribution is -2.33. The van der Waals surface area contributed by atoms with Gasteiger partial charge in [-0.25, -0.2) is 0 Å². The molecule has 4 nitrogen and oxygen atoms in total. The molecule has 1 amide bonds. The molecule has 0 unspecified atom stereocenters. The maximum Gasteiger partial charge on any atom is 0.256 e. The Morgan fingerprint density at radius 3 is 2.15 bits per heavy atom. The van der Waals surface area contributed by atoms with Crippen LogP contribution in [0.15, 0.2) is 66.7 Å². The third-order valence-corrected chi connectivity index (χ3v) is 5.66. The van der Waals surface area contributed by atoms with E-state index in [2.05, 4.69) is 5.32 Å². The van der Waals surface area contributed by atoms with E-state index in [1.807, 2.05) is 87.2 Å². The number of halogens is 2. The number of benzene rings is 3. The van der Waals surface area contributed by atoms with Crippen molar-refractivity contribution in [3.05, 3.63) is 93.5 Å². The van der Waals surface area contributed by atoms with Gasteiger partial charge in [-0.3, -0.25) is 4.79 Å². The SMILES string of the molecule is CCNc1ccc(Cl)cc1C(=O)N(CCc1ccc(Cl)cc1)Cc1ccc(OC(C)(C)C)cc1. The van der Waals surface area contributed by atoms with Crippen LogP contribution in [0.1, 0.15) is 49.2 Å². The molecule has 1 N–H and O–H groups in total. The Morgan fingerprint density at radius 1 is 0.912 bits per heavy atom. The molecular weight excluding hydrogens is 467 g/mol. The molecule has 0 aliphatic carbocycles. The summed E-state index contributed by atoms with van der Waals surface area (Å²) in [5.41, 5.74) is 3.23. The highest BCUT2D eigenvalue weighted by molar-refractivity contribution is 6.31. The number of rotatable bonds is 9. The Hall–Kier alpha value is -2.69. The first-order valence-corrected chi connectivity index (χ1v) is 12.3. The Morgan fingerprint density at radius 2 is 1.53 bits per heavy atom. The standard InChI is InChI=1S/C28H32Cl2N2O2/c1-5-31-26-15-12-23(30)18-25(26)27(33)32(17-16-20-6-10-22(29)11-7-20)19-21-8-13-24(14-9-21)34-28(2,3)4/h6-15,18,31H,5,16-17,19H2,1-4H3. The van der Waals surface area contributed by atoms with E-state index >= 15 is 0 Å². The number of carbonyl (C=O) groups excluding carboxylic acids is 1. The largest absolute Gasteiger partial charge is 0.488 e. The number of nitrogens with zero attached hydrogens (tertiary/aromatic N) is 1. The van der Waals surface area contributed by atoms with Gasteiger partial charge >= 0.3 is 0 Å². The molecule has 0 aliphatic heterocycles. The Balaban J connectivity index is 1.85. The van der Waals surface area contributed by atoms with Crippen LogP contribution in [0.3, 0.4) is 0 Å². The number of anilines is 1. The smallest absolute Gasteiger partial charge is 0.256 e. The van der Waals surface area contributed by atoms with Crippen molar-refractivity contribution < 1.29 is 9.53 Å². The third-order valence-electron chi connectivity index (χ3n) is 5.17. The first kappa shape index (κ1) is 25.9. The minimum Gasteiger partial charge on any atom is -0.488 e. The van der Waals surface area contributed by atoms with Crippen molar-refractivity contribution in [2.75, 3.05) is 18.4 Å². The minimum absolute atomic E-state index is 0.0672. The molecule has 3 rings (SSSR count). The van der Waals surface area contributed by atoms with Gasteiger partial charge in [-0.15, -0.1) is 0 Å². The van der Waals surface area contributed by atoms with Gasteiger partial charge in [0.05, 0.1) is 5.56 Å². The number of carbonyl (C=O) groups is 1. The van der Waals surface area contributed by atoms with Crippen LogP contribution in [0, 0.1) is 0 Å². The topological polar surface area (TPSA) is 41.6 Å². The van der Waals surface area contributed by atoms with Gasteiger partial charge in [-0.1, -0.05) is 47.5 Å². The lowest BCUT2D eigenvalue weighted by molar-refractivity contribution is 0.0746. The van der Waals surface area contributed by atoms with Crippen LogP contribution in [-0.4, -0.2) is 29.5 Å². The van der Waals surface area contributed by atoms with Crippen LogP contribution in [-0.2, 0) is 13.0 Å². The maximum atomic E-state index is 13.7. The summed E-state index contributed by atoms with van der Waals surface area (Å²) in [4.78, 5) is 15.6. The fourth-order valence-electron chi connectivity index (χ4n) is 3.61. The molecule has 0 bridgehead atoms. The highest BCUT2D eigenvalue weighted by atomic mass is 35.5. The monoisotopic (exact) mass is 498 g/mol. The quantitative estimate of drug-likeness (QED) is 0.332. The van der Waals surface area contributed by atoms with E-state index in [-0.39, 0.29) is 11.5 Å². The zero-order valence-corrected chi connectivity index (χ0v) is 21.7. The molecule has 0 saturated carbocycles. The second-order valence-electron chi connectivity index (χ2n) is 9.18. The van der Waals surface area contributed by atoms with E-state index in [0.29, 0.717) is 41.7 Å². The predicted molar refractivity (Wildman–Crippen MR) is 142 cm³/mol. The lowest BCUT2D eigenvalue weighted by atomic mass is 10.1. The first-order chi connectivity index (χ1) is 16.1. The summed E-state index contributed by atoms with van der Waals surface area (Å²) in [6.07, 6.45) is 0.714. The second kappa shape index (κ2) is 11.6. The molecule has 0 fully saturated rings. The van der Waals surface area contributed by atoms with E-state index in [1.54, 1.807) is 12.1 Å². The zero-order valence-electron chi connectivity index (χ0n) is 20.2. The van der Waals surface area contributed by atoms with Crippen LogP contribution < -0.4 is 10.1 Å². The summed E-state index contributed by atoms with van der Waals surface area (Å²) in [7, 11) is 0. The van der Waals surface area contributed by atoms with E-state index in [9.17, 15) is 4.79 Å². The number of hydrogen-bond donors (Lipinski definition) is 1. The molecule has 0 atom stereocenters. The van der Waals surface area contributed by atoms with Crippen molar-refractivity contribution in [1.29, 1.82) is 0 Å². The van der Waals surface area contributed by atoms with Crippen molar-refractivity contribution in [1.82, 2.24) is 4.90 Å². The van der Waals surface area contributed by atoms with Crippen LogP contribution in [0.2, 0.25) is 10.0 Å². The van der Waals surface area contributed by atoms with E-state index in [0.717, 1.165) is 22.6 Å². The Bertz CT molecular complexity index is 1090. The van der Waals surface area contributed by atoms with E-state index in [1.165, 1.54) is 0 Å². The maximum absolute atomic E-state index is 13.7. The molecule has 180 valence electrons. The molecule has 3 aromatic carbocycles. The predicted octanol–water partition coefficient (Wildman–Crippen LogP) is 7.49. The van der Waals surface area contributed by atoms with Gasteiger partial charge < -0.3 is 15.0 Å². The molecule has 0 saturated heterocycles. The van der Waals surface area contributed by atoms with Crippen LogP contribution in [0.4, 0.5) is 5.69 Å². The minimum atomic E-state index is -0.267. The van der Waals surface area contributed by atoms with Crippen LogP contribution >= 0.6 is 23.2 Å². The number of hydrogen-bond acceptors (Lipinski definition) is 3. The van der Waals surface area contributed by atoms with Crippen molar-refractivity contribution >= 4 is 34.8 Å². The Labute approximate surface area is 212 Å². The van der Waals surface area contributed by atoms with Crippen molar-refractivity contribution in [2.45, 2.75) is 46.3 Å². The molecule has 3 aromatic rings. The first-order valence-electron chi connectivity index (χ1n) is 11.5. The molecular formula is C28H32Cl2N2O2. The van der Waals surface area contributed by atoms with Crippen molar-refractivity contribution in [3.8, 4) is 5.75 Å². The van der Waals surface area contributed by atoms with Gasteiger partial charge in [-0.05, 0) is 87.7 Å². The van der Waals surface area contributed by atoms with Gasteiger partial charge in [0.25, 0.3) is 5.91 Å². The number of ether oxygens (including phenoxy) is 1. The van der Waals surface area contributed by atoms with Gasteiger partial charge in [0.2, 0.25) is 0 Å². The molecule has 0 aliphatic rings. The summed E-state index contributed by atoms with van der Waals surface area (Å²) >= 11 is 12.3. The fraction of sp³-hybridized carbons (Fsp3) is 0.321. The molecule has 6 heteroatoms. The Kier molecular flexibility index (Phi) is 8.87. The van der Waals surface area contributed by atoms with Gasteiger partial charge in [0.15, 0.2) is 0 Å². The number of amides is 1. The average Bonchev–Trinajstić information content (AvgIpc) is 2.79. The summed E-state index contributed by atoms with van der Waals surface area (Å²) in [5.74, 6) is 0.738. The normalized spacial score (nSPS) is 11.2. The molecule has 0 aromatic heterocycles. The number of nitrogens with one attached hydrogen (secondary N) is 1. The van der Waals surface area contributed by atoms with E-state index in [4.69, 9.17) is 27.9 Å². The van der Waals surface area contributed by atoms with Crippen molar-refractivity contribution in [2.24, 2.45) is 0 Å². The van der Waals surface area contributed by atoms with Crippen molar-refractivity contribution in [3.63, 3.8) is 0 Å². The summed E-state index contributed by atoms with van der Waals surface area (Å²) in [6, 6.07) is 21.0. The molecule has 0 radical (unpaired) electrons. The summed E-state index contributed by atoms with van der Waals surface area (Å²) < 4.78 is 5.93. The average molecular weight is 499 g/mol. The molecule has 0 spiro atoms. The summed E-state index contributed by atoms with van der Waals surface area (Å²) in [5, 5.41) is 4.51.